The van der Waals surface area contributed by atoms with Crippen molar-refractivity contribution in [3.63, 3.8) is 0 Å². The summed E-state index contributed by atoms with van der Waals surface area (Å²) in [6.45, 7) is 7.61. The van der Waals surface area contributed by atoms with Gasteiger partial charge in [0.15, 0.2) is 0 Å². The maximum absolute atomic E-state index is 12.9. The van der Waals surface area contributed by atoms with Crippen LogP contribution in [-0.4, -0.2) is 33.9 Å². The zero-order valence-electron chi connectivity index (χ0n) is 19.1. The van der Waals surface area contributed by atoms with Crippen LogP contribution in [0.2, 0.25) is 0 Å². The number of hydrogen-bond acceptors (Lipinski definition) is 3. The molecule has 4 rings (SSSR count). The van der Waals surface area contributed by atoms with Crippen molar-refractivity contribution in [3.8, 4) is 5.69 Å². The number of nitrogens with one attached hydrogen (secondary N) is 2. The molecule has 0 bridgehead atoms. The van der Waals surface area contributed by atoms with Crippen LogP contribution in [0, 0.1) is 27.7 Å². The summed E-state index contributed by atoms with van der Waals surface area (Å²) in [6, 6.07) is 16.7. The fraction of sp³-hybridized carbons (Fsp3) is 0.192. The molecule has 1 aromatic heterocycles. The monoisotopic (exact) mass is 442 g/mol. The van der Waals surface area contributed by atoms with Crippen molar-refractivity contribution in [2.24, 2.45) is 0 Å². The zero-order valence-corrected chi connectivity index (χ0v) is 19.1. The van der Waals surface area contributed by atoms with Gasteiger partial charge in [-0.05, 0) is 69.2 Å². The Morgan fingerprint density at radius 1 is 1.00 bits per heavy atom. The highest BCUT2D eigenvalue weighted by molar-refractivity contribution is 6.16. The van der Waals surface area contributed by atoms with Gasteiger partial charge in [-0.1, -0.05) is 35.9 Å². The van der Waals surface area contributed by atoms with Gasteiger partial charge in [-0.25, -0.2) is 9.69 Å². The highest BCUT2D eigenvalue weighted by atomic mass is 16.2. The second-order valence-corrected chi connectivity index (χ2v) is 8.24. The number of amides is 4. The van der Waals surface area contributed by atoms with E-state index in [1.165, 1.54) is 0 Å². The molecule has 7 nitrogen and oxygen atoms in total. The Balaban J connectivity index is 1.53. The number of anilines is 1. The molecule has 0 saturated carbocycles. The Morgan fingerprint density at radius 2 is 1.70 bits per heavy atom. The van der Waals surface area contributed by atoms with Crippen LogP contribution >= 0.6 is 0 Å². The van der Waals surface area contributed by atoms with E-state index in [1.807, 2.05) is 70.2 Å². The van der Waals surface area contributed by atoms with Crippen LogP contribution in [0.15, 0.2) is 60.3 Å². The third kappa shape index (κ3) is 4.43. The molecule has 168 valence electrons. The molecular weight excluding hydrogens is 416 g/mol. The number of carbonyl (C=O) groups is 3. The molecule has 0 unspecified atom stereocenters. The molecule has 2 aromatic carbocycles. The molecule has 1 aliphatic heterocycles. The predicted molar refractivity (Wildman–Crippen MR) is 128 cm³/mol. The highest BCUT2D eigenvalue weighted by Crippen LogP contribution is 2.25. The maximum atomic E-state index is 12.9. The van der Waals surface area contributed by atoms with Crippen molar-refractivity contribution in [1.82, 2.24) is 14.8 Å². The van der Waals surface area contributed by atoms with E-state index >= 15 is 0 Å². The van der Waals surface area contributed by atoms with E-state index in [4.69, 9.17) is 0 Å². The molecule has 2 heterocycles. The van der Waals surface area contributed by atoms with E-state index < -0.39 is 17.8 Å². The number of hydrogen-bond donors (Lipinski definition) is 2. The lowest BCUT2D eigenvalue weighted by atomic mass is 10.2. The van der Waals surface area contributed by atoms with E-state index in [0.29, 0.717) is 5.69 Å². The SMILES string of the molecule is Cc1ccc(NC(=O)CN2C(=O)N/C(=C/c3cc(C)n(-c4ccccc4C)c3C)C2=O)cc1. The smallest absolute Gasteiger partial charge is 0.325 e. The fourth-order valence-corrected chi connectivity index (χ4v) is 3.97. The molecule has 0 spiro atoms. The first-order valence-electron chi connectivity index (χ1n) is 10.7. The number of benzene rings is 2. The summed E-state index contributed by atoms with van der Waals surface area (Å²) in [5, 5.41) is 5.30. The number of nitrogens with zero attached hydrogens (tertiary/aromatic N) is 2. The van der Waals surface area contributed by atoms with Crippen molar-refractivity contribution < 1.29 is 14.4 Å². The lowest BCUT2D eigenvalue weighted by Gasteiger charge is -2.12. The van der Waals surface area contributed by atoms with Crippen molar-refractivity contribution in [2.45, 2.75) is 27.7 Å². The summed E-state index contributed by atoms with van der Waals surface area (Å²) in [6.07, 6.45) is 1.66. The standard InChI is InChI=1S/C26H26N4O3/c1-16-9-11-21(12-10-16)27-24(31)15-29-25(32)22(28-26(29)33)14-20-13-18(3)30(19(20)4)23-8-6-5-7-17(23)2/h5-14H,15H2,1-4H3,(H,27,31)(H,28,33)/b22-14+. The second-order valence-electron chi connectivity index (χ2n) is 8.24. The molecule has 33 heavy (non-hydrogen) atoms. The minimum Gasteiger partial charge on any atom is -0.325 e. The summed E-state index contributed by atoms with van der Waals surface area (Å²) in [4.78, 5) is 38.6. The summed E-state index contributed by atoms with van der Waals surface area (Å²) < 4.78 is 2.12. The van der Waals surface area contributed by atoms with Crippen LogP contribution in [0.3, 0.4) is 0 Å². The minimum absolute atomic E-state index is 0.146. The quantitative estimate of drug-likeness (QED) is 0.458. The molecule has 1 aliphatic rings. The summed E-state index contributed by atoms with van der Waals surface area (Å²) in [7, 11) is 0. The normalized spacial score (nSPS) is 14.7. The van der Waals surface area contributed by atoms with Gasteiger partial charge in [0.25, 0.3) is 5.91 Å². The van der Waals surface area contributed by atoms with Crippen LogP contribution in [0.5, 0.6) is 0 Å². The lowest BCUT2D eigenvalue weighted by molar-refractivity contribution is -0.127. The van der Waals surface area contributed by atoms with E-state index in [2.05, 4.69) is 15.2 Å². The van der Waals surface area contributed by atoms with E-state index in [1.54, 1.807) is 18.2 Å². The molecule has 2 N–H and O–H groups in total. The van der Waals surface area contributed by atoms with Crippen LogP contribution in [0.25, 0.3) is 11.8 Å². The number of aryl methyl sites for hydroxylation is 3. The van der Waals surface area contributed by atoms with E-state index in [-0.39, 0.29) is 12.2 Å². The number of carbonyl (C=O) groups excluding carboxylic acids is 3. The Morgan fingerprint density at radius 3 is 2.39 bits per heavy atom. The first-order valence-corrected chi connectivity index (χ1v) is 10.7. The lowest BCUT2D eigenvalue weighted by Crippen LogP contribution is -2.38. The fourth-order valence-electron chi connectivity index (χ4n) is 3.97. The first-order chi connectivity index (χ1) is 15.7. The molecule has 3 aromatic rings. The highest BCUT2D eigenvalue weighted by Gasteiger charge is 2.35. The van der Waals surface area contributed by atoms with Crippen molar-refractivity contribution in [1.29, 1.82) is 0 Å². The Kier molecular flexibility index (Phi) is 5.87. The van der Waals surface area contributed by atoms with Crippen molar-refractivity contribution >= 4 is 29.6 Å². The largest absolute Gasteiger partial charge is 0.329 e. The molecule has 1 saturated heterocycles. The number of para-hydroxylation sites is 1. The maximum Gasteiger partial charge on any atom is 0.329 e. The van der Waals surface area contributed by atoms with Crippen LogP contribution in [0.4, 0.5) is 10.5 Å². The van der Waals surface area contributed by atoms with Crippen molar-refractivity contribution in [3.05, 3.63) is 88.4 Å². The Labute approximate surface area is 192 Å². The van der Waals surface area contributed by atoms with Gasteiger partial charge in [0.1, 0.15) is 12.2 Å². The van der Waals surface area contributed by atoms with Gasteiger partial charge in [0, 0.05) is 22.8 Å². The van der Waals surface area contributed by atoms with Gasteiger partial charge in [-0.15, -0.1) is 0 Å². The molecule has 4 amide bonds. The van der Waals surface area contributed by atoms with Gasteiger partial charge < -0.3 is 15.2 Å². The number of aromatic nitrogens is 1. The third-order valence-corrected chi connectivity index (χ3v) is 5.73. The third-order valence-electron chi connectivity index (χ3n) is 5.73. The first kappa shape index (κ1) is 22.1. The topological polar surface area (TPSA) is 83.4 Å². The van der Waals surface area contributed by atoms with Gasteiger partial charge in [0.2, 0.25) is 5.91 Å². The van der Waals surface area contributed by atoms with Gasteiger partial charge >= 0.3 is 6.03 Å². The average Bonchev–Trinajstić information content (AvgIpc) is 3.19. The zero-order chi connectivity index (χ0) is 23.7. The Bertz CT molecular complexity index is 1290. The Hall–Kier alpha value is -4.13. The second kappa shape index (κ2) is 8.78. The molecule has 1 fully saturated rings. The van der Waals surface area contributed by atoms with Crippen LogP contribution in [0.1, 0.15) is 28.1 Å². The summed E-state index contributed by atoms with van der Waals surface area (Å²) in [5.74, 6) is -0.971. The summed E-state index contributed by atoms with van der Waals surface area (Å²) >= 11 is 0. The van der Waals surface area contributed by atoms with Crippen LogP contribution in [-0.2, 0) is 9.59 Å². The molecule has 0 atom stereocenters. The molecule has 0 radical (unpaired) electrons. The minimum atomic E-state index is -0.613. The molecule has 7 heteroatoms. The van der Waals surface area contributed by atoms with E-state index in [9.17, 15) is 14.4 Å². The number of urea groups is 1. The number of rotatable bonds is 5. The predicted octanol–water partition coefficient (Wildman–Crippen LogP) is 4.24. The number of imide groups is 1. The molecule has 0 aliphatic carbocycles. The molecular formula is C26H26N4O3. The average molecular weight is 443 g/mol. The van der Waals surface area contributed by atoms with Crippen molar-refractivity contribution in [2.75, 3.05) is 11.9 Å². The van der Waals surface area contributed by atoms with Gasteiger partial charge in [-0.3, -0.25) is 9.59 Å². The van der Waals surface area contributed by atoms with Crippen LogP contribution < -0.4 is 10.6 Å². The van der Waals surface area contributed by atoms with E-state index in [0.717, 1.165) is 38.7 Å². The van der Waals surface area contributed by atoms with Gasteiger partial charge in [-0.2, -0.15) is 0 Å². The summed E-state index contributed by atoms with van der Waals surface area (Å²) in [5.41, 5.74) is 6.81. The van der Waals surface area contributed by atoms with Gasteiger partial charge in [0.05, 0.1) is 0 Å².